The first-order valence-corrected chi connectivity index (χ1v) is 9.65. The van der Waals surface area contributed by atoms with Crippen molar-refractivity contribution in [2.24, 2.45) is 0 Å². The first-order valence-electron chi connectivity index (χ1n) is 8.04. The molecule has 0 amide bonds. The number of ether oxygens (including phenoxy) is 1. The van der Waals surface area contributed by atoms with E-state index in [4.69, 9.17) is 4.55 Å². The van der Waals surface area contributed by atoms with Gasteiger partial charge in [-0.25, -0.2) is 0 Å². The molecule has 0 aliphatic carbocycles. The number of benzene rings is 1. The Labute approximate surface area is 155 Å². The van der Waals surface area contributed by atoms with Crippen molar-refractivity contribution in [3.63, 3.8) is 0 Å². The smallest absolute Gasteiger partial charge is 0.438 e. The molecule has 14 heteroatoms. The van der Waals surface area contributed by atoms with Crippen molar-refractivity contribution in [2.75, 3.05) is 5.75 Å². The fraction of sp³-hybridized carbons (Fsp3) is 0.538. The predicted molar refractivity (Wildman–Crippen MR) is 95.1 cm³/mol. The topological polar surface area (TPSA) is 63.6 Å². The Morgan fingerprint density at radius 1 is 0.889 bits per heavy atom. The lowest BCUT2D eigenvalue weighted by Gasteiger charge is -2.37. The molecule has 0 heterocycles. The van der Waals surface area contributed by atoms with E-state index in [0.29, 0.717) is 11.9 Å². The van der Waals surface area contributed by atoms with E-state index in [0.717, 1.165) is 0 Å². The maximum atomic E-state index is 13.5. The zero-order valence-electron chi connectivity index (χ0n) is 14.8. The highest BCUT2D eigenvalue weighted by Crippen LogP contribution is 2.48. The summed E-state index contributed by atoms with van der Waals surface area (Å²) in [6.45, 7) is 0. The number of hydrogen-bond acceptors (Lipinski definition) is 3. The standard InChI is InChI=1S/C13H17B3F6O4S/c14-3-7-1-8(4-15)10(9(2-7)5-16)26-11(12(17,18)19,13(20,21)22)6-27(23,24)25/h1-2H,3-6,14-16H2,(H,23,24,25). The van der Waals surface area contributed by atoms with Crippen molar-refractivity contribution >= 4 is 33.7 Å². The van der Waals surface area contributed by atoms with Crippen LogP contribution in [0.15, 0.2) is 12.1 Å². The Morgan fingerprint density at radius 3 is 1.56 bits per heavy atom. The van der Waals surface area contributed by atoms with Crippen LogP contribution < -0.4 is 4.74 Å². The van der Waals surface area contributed by atoms with Crippen molar-refractivity contribution in [1.29, 1.82) is 0 Å². The van der Waals surface area contributed by atoms with Gasteiger partial charge in [0, 0.05) is 0 Å². The number of rotatable bonds is 7. The summed E-state index contributed by atoms with van der Waals surface area (Å²) in [4.78, 5) is 0. The molecule has 0 spiro atoms. The van der Waals surface area contributed by atoms with Crippen molar-refractivity contribution in [1.82, 2.24) is 0 Å². The second-order valence-electron chi connectivity index (χ2n) is 5.95. The Bertz CT molecular complexity index is 740. The predicted octanol–water partition coefficient (Wildman–Crippen LogP) is 0.216. The fourth-order valence-electron chi connectivity index (χ4n) is 2.59. The zero-order chi connectivity index (χ0) is 21.3. The molecule has 0 saturated heterocycles. The van der Waals surface area contributed by atoms with Gasteiger partial charge in [-0.05, 0) is 11.1 Å². The number of alkyl halides is 6. The van der Waals surface area contributed by atoms with Gasteiger partial charge < -0.3 is 4.74 Å². The van der Waals surface area contributed by atoms with Gasteiger partial charge in [0.25, 0.3) is 10.1 Å². The van der Waals surface area contributed by atoms with Gasteiger partial charge in [-0.3, -0.25) is 4.55 Å². The van der Waals surface area contributed by atoms with E-state index in [1.54, 1.807) is 7.85 Å². The van der Waals surface area contributed by atoms with Gasteiger partial charge in [0.05, 0.1) is 0 Å². The summed E-state index contributed by atoms with van der Waals surface area (Å²) >= 11 is 0. The molecule has 0 saturated carbocycles. The van der Waals surface area contributed by atoms with Crippen molar-refractivity contribution < 1.29 is 44.0 Å². The normalized spacial score (nSPS) is 13.6. The molecule has 1 aromatic rings. The van der Waals surface area contributed by atoms with Crippen LogP contribution in [0.3, 0.4) is 0 Å². The largest absolute Gasteiger partial charge is 0.467 e. The monoisotopic (exact) mass is 416 g/mol. The van der Waals surface area contributed by atoms with Crippen LogP contribution in [0.1, 0.15) is 16.7 Å². The van der Waals surface area contributed by atoms with E-state index < -0.39 is 39.6 Å². The van der Waals surface area contributed by atoms with Gasteiger partial charge >= 0.3 is 18.0 Å². The highest BCUT2D eigenvalue weighted by molar-refractivity contribution is 7.85. The minimum absolute atomic E-state index is 0.0633. The van der Waals surface area contributed by atoms with Crippen molar-refractivity contribution in [3.8, 4) is 5.75 Å². The molecular weight excluding hydrogens is 399 g/mol. The second-order valence-corrected chi connectivity index (χ2v) is 7.41. The summed E-state index contributed by atoms with van der Waals surface area (Å²) in [7, 11) is -0.877. The molecule has 1 rings (SSSR count). The molecule has 0 atom stereocenters. The van der Waals surface area contributed by atoms with Crippen LogP contribution in [0.25, 0.3) is 0 Å². The van der Waals surface area contributed by atoms with Crippen LogP contribution in [-0.4, -0.2) is 60.2 Å². The van der Waals surface area contributed by atoms with Gasteiger partial charge in [-0.2, -0.15) is 34.8 Å². The van der Waals surface area contributed by atoms with Crippen molar-refractivity contribution in [3.05, 3.63) is 28.8 Å². The van der Waals surface area contributed by atoms with Crippen LogP contribution in [-0.2, 0) is 29.1 Å². The lowest BCUT2D eigenvalue weighted by Crippen LogP contribution is -2.65. The summed E-state index contributed by atoms with van der Waals surface area (Å²) in [5.41, 5.74) is -4.25. The van der Waals surface area contributed by atoms with E-state index in [2.05, 4.69) is 4.74 Å². The molecule has 0 aromatic heterocycles. The summed E-state index contributed by atoms with van der Waals surface area (Å²) in [6.07, 6.45) is -11.7. The lowest BCUT2D eigenvalue weighted by atomic mass is 9.85. The van der Waals surface area contributed by atoms with Gasteiger partial charge in [-0.15, -0.1) is 0 Å². The summed E-state index contributed by atoms with van der Waals surface area (Å²) in [6, 6.07) is 2.83. The molecule has 0 fully saturated rings. The molecule has 27 heavy (non-hydrogen) atoms. The molecule has 0 aliphatic heterocycles. The Morgan fingerprint density at radius 2 is 1.30 bits per heavy atom. The molecule has 150 valence electrons. The summed E-state index contributed by atoms with van der Waals surface area (Å²) in [5.74, 6) is -3.37. The van der Waals surface area contributed by atoms with Crippen LogP contribution in [0.4, 0.5) is 26.3 Å². The zero-order valence-corrected chi connectivity index (χ0v) is 15.6. The SMILES string of the molecule is BCc1cc(CB)c(OC(CS(=O)(=O)O)(C(F)(F)F)C(F)(F)F)c(CB)c1. The molecule has 0 radical (unpaired) electrons. The van der Waals surface area contributed by atoms with Crippen LogP contribution in [0.5, 0.6) is 5.75 Å². The maximum Gasteiger partial charge on any atom is 0.438 e. The Balaban J connectivity index is 3.79. The third-order valence-electron chi connectivity index (χ3n) is 4.05. The first-order chi connectivity index (χ1) is 12.1. The third-order valence-corrected chi connectivity index (χ3v) is 4.82. The van der Waals surface area contributed by atoms with Crippen LogP contribution >= 0.6 is 0 Å². The van der Waals surface area contributed by atoms with Gasteiger partial charge in [0.1, 0.15) is 35.0 Å². The Kier molecular flexibility index (Phi) is 7.02. The molecule has 0 bridgehead atoms. The molecule has 0 unspecified atom stereocenters. The lowest BCUT2D eigenvalue weighted by molar-refractivity contribution is -0.348. The van der Waals surface area contributed by atoms with Gasteiger partial charge in [0.2, 0.25) is 0 Å². The maximum absolute atomic E-state index is 13.5. The Hall–Kier alpha value is -1.30. The van der Waals surface area contributed by atoms with Crippen LogP contribution in [0.2, 0.25) is 0 Å². The van der Waals surface area contributed by atoms with Gasteiger partial charge in [-0.1, -0.05) is 36.7 Å². The first kappa shape index (κ1) is 23.7. The van der Waals surface area contributed by atoms with Crippen molar-refractivity contribution in [2.45, 2.75) is 36.9 Å². The number of hydrogen-bond donors (Lipinski definition) is 1. The van der Waals surface area contributed by atoms with E-state index in [9.17, 15) is 34.8 Å². The third kappa shape index (κ3) is 5.15. The van der Waals surface area contributed by atoms with Gasteiger partial charge in [0.15, 0.2) is 0 Å². The molecule has 4 nitrogen and oxygen atoms in total. The fourth-order valence-corrected chi connectivity index (χ4v) is 3.49. The summed E-state index contributed by atoms with van der Waals surface area (Å²) in [5, 5.41) is 0. The molecule has 1 aromatic carbocycles. The average Bonchev–Trinajstić information content (AvgIpc) is 2.50. The average molecular weight is 416 g/mol. The quantitative estimate of drug-likeness (QED) is 0.393. The highest BCUT2D eigenvalue weighted by Gasteiger charge is 2.75. The minimum atomic E-state index is -6.15. The van der Waals surface area contributed by atoms with Crippen LogP contribution in [0, 0.1) is 0 Å². The van der Waals surface area contributed by atoms with E-state index in [1.165, 1.54) is 27.8 Å². The summed E-state index contributed by atoms with van der Waals surface area (Å²) < 4.78 is 116. The molecule has 1 N–H and O–H groups in total. The second kappa shape index (κ2) is 7.98. The van der Waals surface area contributed by atoms with E-state index >= 15 is 0 Å². The minimum Gasteiger partial charge on any atom is -0.467 e. The molecule has 0 aliphatic rings. The number of halogens is 6. The molecular formula is C13H17B3F6O4S. The van der Waals surface area contributed by atoms with E-state index in [-0.39, 0.29) is 23.8 Å². The highest BCUT2D eigenvalue weighted by atomic mass is 32.2. The van der Waals surface area contributed by atoms with E-state index in [1.807, 2.05) is 0 Å².